The quantitative estimate of drug-likeness (QED) is 0.862. The predicted octanol–water partition coefficient (Wildman–Crippen LogP) is 4.56. The average Bonchev–Trinajstić information content (AvgIpc) is 2.44. The molecule has 0 aromatic heterocycles. The Bertz CT molecular complexity index is 772. The molecule has 0 spiro atoms. The monoisotopic (exact) mass is 337 g/mol. The van der Waals surface area contributed by atoms with E-state index in [1.165, 1.54) is 12.1 Å². The highest BCUT2D eigenvalue weighted by atomic mass is 35.5. The van der Waals surface area contributed by atoms with Crippen molar-refractivity contribution in [2.75, 3.05) is 5.32 Å². The van der Waals surface area contributed by atoms with Crippen LogP contribution in [-0.4, -0.2) is 17.0 Å². The Morgan fingerprint density at radius 3 is 2.14 bits per heavy atom. The van der Waals surface area contributed by atoms with E-state index >= 15 is 0 Å². The van der Waals surface area contributed by atoms with Crippen LogP contribution in [0.25, 0.3) is 0 Å². The van der Waals surface area contributed by atoms with Crippen molar-refractivity contribution in [1.82, 2.24) is 0 Å². The number of aryl methyl sites for hydroxylation is 2. The molecule has 0 atom stereocenters. The molecule has 0 aliphatic rings. The van der Waals surface area contributed by atoms with Gasteiger partial charge < -0.3 is 10.4 Å². The first kappa shape index (κ1) is 16.3. The number of carbonyl (C=O) groups excluding carboxylic acids is 1. The van der Waals surface area contributed by atoms with Gasteiger partial charge in [0.15, 0.2) is 0 Å². The third kappa shape index (κ3) is 3.40. The summed E-state index contributed by atoms with van der Waals surface area (Å²) >= 11 is 11.7. The number of carbonyl (C=O) groups is 2. The number of hydrogen-bond donors (Lipinski definition) is 2. The van der Waals surface area contributed by atoms with E-state index in [0.29, 0.717) is 5.69 Å². The SMILES string of the molecule is Cc1ccc(NC(=O)c2cc(Cl)c(Cl)cc2C(=O)O)c(C)c1. The molecule has 114 valence electrons. The van der Waals surface area contributed by atoms with Crippen LogP contribution in [0, 0.1) is 13.8 Å². The number of carboxylic acid groups (broad SMARTS) is 1. The van der Waals surface area contributed by atoms with Crippen molar-refractivity contribution in [2.45, 2.75) is 13.8 Å². The zero-order chi connectivity index (χ0) is 16.4. The zero-order valence-corrected chi connectivity index (χ0v) is 13.4. The smallest absolute Gasteiger partial charge is 0.336 e. The number of benzene rings is 2. The fourth-order valence-corrected chi connectivity index (χ4v) is 2.38. The van der Waals surface area contributed by atoms with Crippen LogP contribution in [0.4, 0.5) is 5.69 Å². The summed E-state index contributed by atoms with van der Waals surface area (Å²) < 4.78 is 0. The molecule has 0 fully saturated rings. The lowest BCUT2D eigenvalue weighted by molar-refractivity contribution is 0.0692. The van der Waals surface area contributed by atoms with Crippen molar-refractivity contribution in [3.05, 3.63) is 62.6 Å². The maximum Gasteiger partial charge on any atom is 0.336 e. The number of anilines is 1. The summed E-state index contributed by atoms with van der Waals surface area (Å²) in [6.07, 6.45) is 0. The van der Waals surface area contributed by atoms with Gasteiger partial charge in [-0.05, 0) is 37.6 Å². The fourth-order valence-electron chi connectivity index (χ4n) is 2.06. The minimum Gasteiger partial charge on any atom is -0.478 e. The molecule has 0 bridgehead atoms. The van der Waals surface area contributed by atoms with E-state index in [0.717, 1.165) is 11.1 Å². The third-order valence-corrected chi connectivity index (χ3v) is 3.89. The van der Waals surface area contributed by atoms with Gasteiger partial charge in [-0.3, -0.25) is 4.79 Å². The molecule has 0 radical (unpaired) electrons. The lowest BCUT2D eigenvalue weighted by Gasteiger charge is -2.11. The van der Waals surface area contributed by atoms with Gasteiger partial charge >= 0.3 is 5.97 Å². The van der Waals surface area contributed by atoms with Crippen LogP contribution in [0.3, 0.4) is 0 Å². The zero-order valence-electron chi connectivity index (χ0n) is 11.9. The van der Waals surface area contributed by atoms with Crippen molar-refractivity contribution in [1.29, 1.82) is 0 Å². The van der Waals surface area contributed by atoms with Gasteiger partial charge in [0.05, 0.1) is 21.2 Å². The van der Waals surface area contributed by atoms with Crippen LogP contribution >= 0.6 is 23.2 Å². The number of carboxylic acids is 1. The average molecular weight is 338 g/mol. The predicted molar refractivity (Wildman–Crippen MR) is 87.3 cm³/mol. The van der Waals surface area contributed by atoms with Crippen LogP contribution in [-0.2, 0) is 0 Å². The molecule has 0 saturated carbocycles. The molecule has 0 unspecified atom stereocenters. The van der Waals surface area contributed by atoms with Gasteiger partial charge in [0, 0.05) is 5.69 Å². The molecule has 2 aromatic rings. The second-order valence-electron chi connectivity index (χ2n) is 4.89. The molecule has 0 aliphatic heterocycles. The van der Waals surface area contributed by atoms with Crippen molar-refractivity contribution in [2.24, 2.45) is 0 Å². The van der Waals surface area contributed by atoms with Crippen molar-refractivity contribution < 1.29 is 14.7 Å². The number of hydrogen-bond acceptors (Lipinski definition) is 2. The molecule has 4 nitrogen and oxygen atoms in total. The topological polar surface area (TPSA) is 66.4 Å². The first-order valence-electron chi connectivity index (χ1n) is 6.40. The van der Waals surface area contributed by atoms with Gasteiger partial charge in [-0.1, -0.05) is 40.9 Å². The molecule has 0 saturated heterocycles. The van der Waals surface area contributed by atoms with Crippen LogP contribution in [0.1, 0.15) is 31.8 Å². The summed E-state index contributed by atoms with van der Waals surface area (Å²) in [5, 5.41) is 12.1. The Balaban J connectivity index is 2.41. The normalized spacial score (nSPS) is 10.4. The number of halogens is 2. The van der Waals surface area contributed by atoms with Gasteiger partial charge in [0.25, 0.3) is 5.91 Å². The lowest BCUT2D eigenvalue weighted by Crippen LogP contribution is -2.17. The number of amides is 1. The van der Waals surface area contributed by atoms with Crippen LogP contribution in [0.15, 0.2) is 30.3 Å². The van der Waals surface area contributed by atoms with Crippen LogP contribution in [0.2, 0.25) is 10.0 Å². The standard InChI is InChI=1S/C16H13Cl2NO3/c1-8-3-4-14(9(2)5-8)19-15(20)10-6-12(17)13(18)7-11(10)16(21)22/h3-7H,1-2H3,(H,19,20)(H,21,22). The van der Waals surface area contributed by atoms with Crippen molar-refractivity contribution in [3.8, 4) is 0 Å². The van der Waals surface area contributed by atoms with E-state index in [1.54, 1.807) is 6.07 Å². The van der Waals surface area contributed by atoms with Gasteiger partial charge in [-0.2, -0.15) is 0 Å². The van der Waals surface area contributed by atoms with Gasteiger partial charge in [-0.15, -0.1) is 0 Å². The molecule has 2 rings (SSSR count). The summed E-state index contributed by atoms with van der Waals surface area (Å²) in [7, 11) is 0. The highest BCUT2D eigenvalue weighted by Gasteiger charge is 2.19. The Morgan fingerprint density at radius 2 is 1.59 bits per heavy atom. The Hall–Kier alpha value is -2.04. The first-order chi connectivity index (χ1) is 10.3. The second-order valence-corrected chi connectivity index (χ2v) is 5.70. The summed E-state index contributed by atoms with van der Waals surface area (Å²) in [6, 6.07) is 7.97. The summed E-state index contributed by atoms with van der Waals surface area (Å²) in [6.45, 7) is 3.80. The molecule has 2 N–H and O–H groups in total. The second kappa shape index (κ2) is 6.38. The van der Waals surface area contributed by atoms with Crippen LogP contribution < -0.4 is 5.32 Å². The Morgan fingerprint density at radius 1 is 1.00 bits per heavy atom. The van der Waals surface area contributed by atoms with Crippen molar-refractivity contribution in [3.63, 3.8) is 0 Å². The first-order valence-corrected chi connectivity index (χ1v) is 7.16. The number of rotatable bonds is 3. The largest absolute Gasteiger partial charge is 0.478 e. The molecule has 1 amide bonds. The molecular weight excluding hydrogens is 325 g/mol. The molecule has 6 heteroatoms. The molecule has 0 aliphatic carbocycles. The van der Waals surface area contributed by atoms with Crippen molar-refractivity contribution >= 4 is 40.8 Å². The minimum atomic E-state index is -1.25. The molecule has 2 aromatic carbocycles. The van der Waals surface area contributed by atoms with E-state index < -0.39 is 11.9 Å². The number of nitrogens with one attached hydrogen (secondary N) is 1. The third-order valence-electron chi connectivity index (χ3n) is 3.17. The minimum absolute atomic E-state index is 0.0399. The van der Waals surface area contributed by atoms with E-state index in [9.17, 15) is 14.7 Å². The van der Waals surface area contributed by atoms with E-state index in [-0.39, 0.29) is 21.2 Å². The Kier molecular flexibility index (Phi) is 4.74. The van der Waals surface area contributed by atoms with Gasteiger partial charge in [-0.25, -0.2) is 4.79 Å². The lowest BCUT2D eigenvalue weighted by atomic mass is 10.1. The molecular formula is C16H13Cl2NO3. The van der Waals surface area contributed by atoms with E-state index in [1.807, 2.05) is 26.0 Å². The summed E-state index contributed by atoms with van der Waals surface area (Å²) in [4.78, 5) is 23.6. The van der Waals surface area contributed by atoms with Crippen LogP contribution in [0.5, 0.6) is 0 Å². The summed E-state index contributed by atoms with van der Waals surface area (Å²) in [5.41, 5.74) is 2.32. The molecule has 0 heterocycles. The maximum atomic E-state index is 12.4. The molecule has 22 heavy (non-hydrogen) atoms. The highest BCUT2D eigenvalue weighted by molar-refractivity contribution is 6.42. The number of aromatic carboxylic acids is 1. The van der Waals surface area contributed by atoms with E-state index in [2.05, 4.69) is 5.32 Å². The van der Waals surface area contributed by atoms with Gasteiger partial charge in [0.1, 0.15) is 0 Å². The Labute approximate surface area is 137 Å². The summed E-state index contributed by atoms with van der Waals surface area (Å²) in [5.74, 6) is -1.80. The van der Waals surface area contributed by atoms with Gasteiger partial charge in [0.2, 0.25) is 0 Å². The fraction of sp³-hybridized carbons (Fsp3) is 0.125. The highest BCUT2D eigenvalue weighted by Crippen LogP contribution is 2.27. The maximum absolute atomic E-state index is 12.4. The van der Waals surface area contributed by atoms with E-state index in [4.69, 9.17) is 23.2 Å².